The van der Waals surface area contributed by atoms with Crippen LogP contribution in [0.5, 0.6) is 11.5 Å². The Morgan fingerprint density at radius 2 is 1.77 bits per heavy atom. The number of fused-ring (bicyclic) bond motifs is 1. The number of aryl methyl sites for hydroxylation is 1. The minimum absolute atomic E-state index is 0.0158. The van der Waals surface area contributed by atoms with Gasteiger partial charge >= 0.3 is 0 Å². The summed E-state index contributed by atoms with van der Waals surface area (Å²) in [5.41, 5.74) is 3.30. The van der Waals surface area contributed by atoms with Gasteiger partial charge in [0.25, 0.3) is 11.7 Å². The number of hydrogen-bond donors (Lipinski definition) is 1. The van der Waals surface area contributed by atoms with Crippen LogP contribution in [0, 0.1) is 6.92 Å². The topological polar surface area (TPSA) is 79.3 Å². The predicted octanol–water partition coefficient (Wildman–Crippen LogP) is 4.46. The van der Waals surface area contributed by atoms with Crippen LogP contribution in [0.15, 0.2) is 72.3 Å². The summed E-state index contributed by atoms with van der Waals surface area (Å²) in [7, 11) is 3.48. The van der Waals surface area contributed by atoms with Crippen molar-refractivity contribution in [3.8, 4) is 11.5 Å². The zero-order valence-corrected chi connectivity index (χ0v) is 19.8. The summed E-state index contributed by atoms with van der Waals surface area (Å²) in [6.07, 6.45) is 0. The van der Waals surface area contributed by atoms with Gasteiger partial charge in [0.1, 0.15) is 23.9 Å². The molecule has 1 fully saturated rings. The van der Waals surface area contributed by atoms with Crippen molar-refractivity contribution < 1.29 is 24.2 Å². The first-order valence-electron chi connectivity index (χ1n) is 11.4. The number of carbonyl (C=O) groups is 2. The number of amides is 1. The number of Topliss-reactive ketones (excluding diaryl/α,β-unsaturated/α-hetero) is 1. The number of ether oxygens (including phenoxy) is 2. The molecule has 178 valence electrons. The summed E-state index contributed by atoms with van der Waals surface area (Å²) >= 11 is 0. The maximum Gasteiger partial charge on any atom is 0.300 e. The van der Waals surface area contributed by atoms with Gasteiger partial charge in [0, 0.05) is 23.9 Å². The van der Waals surface area contributed by atoms with Crippen LogP contribution >= 0.6 is 0 Å². The third-order valence-electron chi connectivity index (χ3n) is 6.58. The van der Waals surface area contributed by atoms with Crippen molar-refractivity contribution >= 4 is 28.8 Å². The Morgan fingerprint density at radius 1 is 1.03 bits per heavy atom. The summed E-state index contributed by atoms with van der Waals surface area (Å²) < 4.78 is 11.3. The minimum atomic E-state index is -0.864. The molecule has 0 radical (unpaired) electrons. The van der Waals surface area contributed by atoms with Gasteiger partial charge in [-0.15, -0.1) is 0 Å². The van der Waals surface area contributed by atoms with Crippen molar-refractivity contribution in [3.63, 3.8) is 0 Å². The molecule has 5 rings (SSSR count). The molecule has 7 nitrogen and oxygen atoms in total. The van der Waals surface area contributed by atoms with Gasteiger partial charge in [-0.05, 0) is 42.8 Å². The number of anilines is 2. The number of benzene rings is 3. The van der Waals surface area contributed by atoms with Crippen molar-refractivity contribution in [1.29, 1.82) is 0 Å². The van der Waals surface area contributed by atoms with E-state index in [9.17, 15) is 14.7 Å². The highest BCUT2D eigenvalue weighted by atomic mass is 16.5. The van der Waals surface area contributed by atoms with E-state index in [1.165, 1.54) is 12.0 Å². The number of ketones is 1. The van der Waals surface area contributed by atoms with Crippen LogP contribution in [0.1, 0.15) is 22.7 Å². The molecule has 0 bridgehead atoms. The second-order valence-electron chi connectivity index (χ2n) is 8.65. The first-order chi connectivity index (χ1) is 16.9. The number of aliphatic hydroxyl groups excluding tert-OH is 1. The largest absolute Gasteiger partial charge is 0.507 e. The molecule has 35 heavy (non-hydrogen) atoms. The highest BCUT2D eigenvalue weighted by Crippen LogP contribution is 2.46. The summed E-state index contributed by atoms with van der Waals surface area (Å²) in [4.78, 5) is 30.4. The molecule has 1 N–H and O–H groups in total. The number of nitrogens with zero attached hydrogens (tertiary/aromatic N) is 2. The molecule has 0 spiro atoms. The van der Waals surface area contributed by atoms with Gasteiger partial charge in [0.2, 0.25) is 0 Å². The summed E-state index contributed by atoms with van der Waals surface area (Å²) in [5, 5.41) is 11.5. The van der Waals surface area contributed by atoms with E-state index in [0.29, 0.717) is 41.5 Å². The maximum absolute atomic E-state index is 13.5. The first kappa shape index (κ1) is 22.5. The van der Waals surface area contributed by atoms with Gasteiger partial charge in [0.05, 0.1) is 31.0 Å². The Labute approximate surface area is 203 Å². The molecule has 0 saturated carbocycles. The molecule has 3 aromatic carbocycles. The van der Waals surface area contributed by atoms with Crippen LogP contribution < -0.4 is 19.3 Å². The van der Waals surface area contributed by atoms with Crippen LogP contribution in [0.25, 0.3) is 5.76 Å². The molecule has 3 aromatic rings. The van der Waals surface area contributed by atoms with Crippen molar-refractivity contribution in [2.45, 2.75) is 13.0 Å². The molecule has 1 atom stereocenters. The Kier molecular flexibility index (Phi) is 5.68. The van der Waals surface area contributed by atoms with E-state index in [1.807, 2.05) is 55.3 Å². The van der Waals surface area contributed by atoms with Gasteiger partial charge in [-0.2, -0.15) is 0 Å². The van der Waals surface area contributed by atoms with E-state index >= 15 is 0 Å². The molecule has 0 aliphatic carbocycles. The van der Waals surface area contributed by atoms with E-state index in [1.54, 1.807) is 30.3 Å². The molecular weight excluding hydrogens is 444 g/mol. The second kappa shape index (κ2) is 8.83. The molecule has 2 aliphatic rings. The zero-order valence-electron chi connectivity index (χ0n) is 19.8. The fourth-order valence-electron chi connectivity index (χ4n) is 4.75. The Bertz CT molecular complexity index is 1360. The molecule has 2 aliphatic heterocycles. The molecule has 1 amide bonds. The molecule has 7 heteroatoms. The lowest BCUT2D eigenvalue weighted by molar-refractivity contribution is -0.132. The first-order valence-corrected chi connectivity index (χ1v) is 11.4. The van der Waals surface area contributed by atoms with Crippen molar-refractivity contribution in [3.05, 3.63) is 89.0 Å². The Morgan fingerprint density at radius 3 is 2.54 bits per heavy atom. The average molecular weight is 471 g/mol. The monoisotopic (exact) mass is 470 g/mol. The lowest BCUT2D eigenvalue weighted by Crippen LogP contribution is -2.30. The molecule has 0 aromatic heterocycles. The van der Waals surface area contributed by atoms with E-state index in [-0.39, 0.29) is 11.3 Å². The van der Waals surface area contributed by atoms with Crippen LogP contribution in [0.4, 0.5) is 11.4 Å². The molecule has 1 saturated heterocycles. The smallest absolute Gasteiger partial charge is 0.300 e. The van der Waals surface area contributed by atoms with Gasteiger partial charge in [-0.3, -0.25) is 14.5 Å². The Hall–Kier alpha value is -4.26. The lowest BCUT2D eigenvalue weighted by atomic mass is 9.94. The number of rotatable bonds is 4. The van der Waals surface area contributed by atoms with E-state index in [0.717, 1.165) is 11.3 Å². The Balaban J connectivity index is 1.74. The quantitative estimate of drug-likeness (QED) is 0.345. The van der Waals surface area contributed by atoms with Gasteiger partial charge < -0.3 is 19.5 Å². The molecule has 2 heterocycles. The van der Waals surface area contributed by atoms with Gasteiger partial charge in [-0.25, -0.2) is 0 Å². The zero-order chi connectivity index (χ0) is 24.7. The normalized spacial score (nSPS) is 18.9. The summed E-state index contributed by atoms with van der Waals surface area (Å²) in [6, 6.07) is 19.0. The number of methoxy groups -OCH3 is 1. The number of para-hydroxylation sites is 2. The highest BCUT2D eigenvalue weighted by Gasteiger charge is 2.48. The summed E-state index contributed by atoms with van der Waals surface area (Å²) in [6.45, 7) is 3.16. The molecular formula is C28H26N2O5. The fraction of sp³-hybridized carbons (Fsp3) is 0.214. The number of aliphatic hydroxyl groups is 1. The van der Waals surface area contributed by atoms with E-state index in [4.69, 9.17) is 9.47 Å². The SMILES string of the molecule is COc1ccccc1C1/C(=C(\O)c2ccc3c(c2)N(C)CCO3)C(=O)C(=O)N1c1ccccc1C. The fourth-order valence-corrected chi connectivity index (χ4v) is 4.75. The maximum atomic E-state index is 13.5. The third kappa shape index (κ3) is 3.69. The number of hydrogen-bond acceptors (Lipinski definition) is 6. The average Bonchev–Trinajstić information content (AvgIpc) is 3.14. The standard InChI is InChI=1S/C28H26N2O5/c1-17-8-4-6-10-20(17)30-25(19-9-5-7-11-22(19)34-3)24(27(32)28(30)33)26(31)18-12-13-23-21(16-18)29(2)14-15-35-23/h4-13,16,25,31H,14-15H2,1-3H3/b26-24+. The minimum Gasteiger partial charge on any atom is -0.507 e. The van der Waals surface area contributed by atoms with Crippen LogP contribution in [-0.4, -0.2) is 44.1 Å². The van der Waals surface area contributed by atoms with Crippen molar-refractivity contribution in [2.24, 2.45) is 0 Å². The van der Waals surface area contributed by atoms with Crippen LogP contribution in [0.3, 0.4) is 0 Å². The lowest BCUT2D eigenvalue weighted by Gasteiger charge is -2.29. The highest BCUT2D eigenvalue weighted by molar-refractivity contribution is 6.51. The van der Waals surface area contributed by atoms with Crippen LogP contribution in [0.2, 0.25) is 0 Å². The molecule has 1 unspecified atom stereocenters. The van der Waals surface area contributed by atoms with Crippen molar-refractivity contribution in [1.82, 2.24) is 0 Å². The number of carbonyl (C=O) groups excluding carboxylic acids is 2. The number of likely N-dealkylation sites (N-methyl/N-ethyl adjacent to an activating group) is 1. The van der Waals surface area contributed by atoms with Crippen LogP contribution in [-0.2, 0) is 9.59 Å². The van der Waals surface area contributed by atoms with Crippen molar-refractivity contribution in [2.75, 3.05) is 37.1 Å². The second-order valence-corrected chi connectivity index (χ2v) is 8.65. The van der Waals surface area contributed by atoms with E-state index < -0.39 is 17.7 Å². The van der Waals surface area contributed by atoms with E-state index in [2.05, 4.69) is 0 Å². The van der Waals surface area contributed by atoms with Gasteiger partial charge in [0.15, 0.2) is 0 Å². The van der Waals surface area contributed by atoms with Gasteiger partial charge in [-0.1, -0.05) is 36.4 Å². The predicted molar refractivity (Wildman–Crippen MR) is 134 cm³/mol. The third-order valence-corrected chi connectivity index (χ3v) is 6.58. The summed E-state index contributed by atoms with van der Waals surface area (Å²) in [5.74, 6) is -0.462.